The number of ether oxygens (including phenoxy) is 2. The monoisotopic (exact) mass is 454 g/mol. The van der Waals surface area contributed by atoms with Crippen molar-refractivity contribution >= 4 is 22.6 Å². The van der Waals surface area contributed by atoms with Crippen LogP contribution in [0.5, 0.6) is 5.75 Å². The molecule has 1 N–H and O–H groups in total. The predicted octanol–water partition coefficient (Wildman–Crippen LogP) is 3.78. The first-order valence-corrected chi connectivity index (χ1v) is 10.0. The lowest BCUT2D eigenvalue weighted by Crippen LogP contribution is -2.35. The number of aromatic nitrogens is 2. The fourth-order valence-electron chi connectivity index (χ4n) is 2.95. The zero-order chi connectivity index (χ0) is 21.8. The molecule has 0 unspecified atom stereocenters. The molecule has 0 saturated carbocycles. The van der Waals surface area contributed by atoms with Crippen molar-refractivity contribution in [2.45, 2.75) is 12.9 Å². The number of alkyl halides is 3. The number of hydrogen-bond acceptors (Lipinski definition) is 8. The smallest absolute Gasteiger partial charge is 0.464 e. The molecular weight excluding hydrogens is 437 g/mol. The summed E-state index contributed by atoms with van der Waals surface area (Å²) in [5, 5.41) is 3.00. The molecule has 1 aromatic carbocycles. The Kier molecular flexibility index (Phi) is 6.20. The fraction of sp³-hybridized carbons (Fsp3) is 0.316. The zero-order valence-electron chi connectivity index (χ0n) is 16.0. The number of carbonyl (C=O) groups is 1. The van der Waals surface area contributed by atoms with Crippen LogP contribution >= 0.6 is 11.5 Å². The lowest BCUT2D eigenvalue weighted by molar-refractivity contribution is -0.274. The molecule has 12 heteroatoms. The molecule has 1 fully saturated rings. The summed E-state index contributed by atoms with van der Waals surface area (Å²) in [5.41, 5.74) is 0.534. The summed E-state index contributed by atoms with van der Waals surface area (Å²) in [4.78, 5) is 19.0. The summed E-state index contributed by atoms with van der Waals surface area (Å²) < 4.78 is 56.0. The van der Waals surface area contributed by atoms with Crippen LogP contribution in [0.1, 0.15) is 16.2 Å². The standard InChI is InChI=1S/C19H17F3N4O4S/c20-19(21,22)30-14-3-1-2-12(8-14)15-9-13(11-29-15)17(27)24-18-23-16(25-31-18)10-26-4-6-28-7-5-26/h1-3,8-9,11H,4-7,10H2,(H,23,24,25,27). The molecule has 4 rings (SSSR count). The maximum absolute atomic E-state index is 12.5. The van der Waals surface area contributed by atoms with Crippen LogP contribution in [0.4, 0.5) is 18.3 Å². The number of morpholine rings is 1. The van der Waals surface area contributed by atoms with Crippen LogP contribution in [0.3, 0.4) is 0 Å². The van der Waals surface area contributed by atoms with Crippen molar-refractivity contribution in [3.8, 4) is 17.1 Å². The molecule has 1 aliphatic rings. The summed E-state index contributed by atoms with van der Waals surface area (Å²) in [5.74, 6) is -0.0135. The second-order valence-corrected chi connectivity index (χ2v) is 7.39. The van der Waals surface area contributed by atoms with Gasteiger partial charge in [0.05, 0.1) is 25.3 Å². The Morgan fingerprint density at radius 1 is 1.26 bits per heavy atom. The summed E-state index contributed by atoms with van der Waals surface area (Å²) >= 11 is 1.07. The molecule has 3 aromatic rings. The number of furan rings is 1. The molecule has 8 nitrogen and oxygen atoms in total. The first kappa shape index (κ1) is 21.3. The molecular formula is C19H17F3N4O4S. The van der Waals surface area contributed by atoms with Crippen LogP contribution < -0.4 is 10.1 Å². The highest BCUT2D eigenvalue weighted by Gasteiger charge is 2.31. The first-order chi connectivity index (χ1) is 14.9. The molecule has 0 radical (unpaired) electrons. The van der Waals surface area contributed by atoms with E-state index in [1.165, 1.54) is 30.5 Å². The molecule has 0 atom stereocenters. The summed E-state index contributed by atoms with van der Waals surface area (Å²) in [6.45, 7) is 3.51. The molecule has 164 valence electrons. The fourth-order valence-corrected chi connectivity index (χ4v) is 3.53. The van der Waals surface area contributed by atoms with E-state index in [1.54, 1.807) is 6.07 Å². The zero-order valence-corrected chi connectivity index (χ0v) is 16.8. The van der Waals surface area contributed by atoms with E-state index < -0.39 is 12.3 Å². The lowest BCUT2D eigenvalue weighted by atomic mass is 10.1. The average Bonchev–Trinajstić information content (AvgIpc) is 3.38. The van der Waals surface area contributed by atoms with Gasteiger partial charge in [-0.05, 0) is 18.2 Å². The molecule has 2 aromatic heterocycles. The van der Waals surface area contributed by atoms with Crippen molar-refractivity contribution in [1.29, 1.82) is 0 Å². The minimum atomic E-state index is -4.80. The van der Waals surface area contributed by atoms with Gasteiger partial charge in [0.15, 0.2) is 5.82 Å². The largest absolute Gasteiger partial charge is 0.573 e. The summed E-state index contributed by atoms with van der Waals surface area (Å²) in [6, 6.07) is 6.73. The van der Waals surface area contributed by atoms with Crippen LogP contribution in [-0.2, 0) is 11.3 Å². The SMILES string of the molecule is O=C(Nc1nc(CN2CCOCC2)ns1)c1coc(-c2cccc(OC(F)(F)F)c2)c1. The Balaban J connectivity index is 1.39. The van der Waals surface area contributed by atoms with Gasteiger partial charge in [-0.2, -0.15) is 4.37 Å². The van der Waals surface area contributed by atoms with Crippen LogP contribution in [0.15, 0.2) is 41.0 Å². The Labute approximate surface area is 178 Å². The Hall–Kier alpha value is -2.96. The van der Waals surface area contributed by atoms with E-state index in [1.807, 2.05) is 0 Å². The highest BCUT2D eigenvalue weighted by atomic mass is 32.1. The summed E-state index contributed by atoms with van der Waals surface area (Å²) in [6.07, 6.45) is -3.58. The van der Waals surface area contributed by atoms with Gasteiger partial charge < -0.3 is 13.9 Å². The first-order valence-electron chi connectivity index (χ1n) is 9.24. The highest BCUT2D eigenvalue weighted by Crippen LogP contribution is 2.29. The van der Waals surface area contributed by atoms with E-state index in [9.17, 15) is 18.0 Å². The molecule has 1 amide bonds. The van der Waals surface area contributed by atoms with Crippen molar-refractivity contribution in [2.75, 3.05) is 31.6 Å². The Morgan fingerprint density at radius 3 is 2.84 bits per heavy atom. The van der Waals surface area contributed by atoms with Crippen LogP contribution in [0, 0.1) is 0 Å². The lowest BCUT2D eigenvalue weighted by Gasteiger charge is -2.25. The number of hydrogen-bond donors (Lipinski definition) is 1. The van der Waals surface area contributed by atoms with E-state index >= 15 is 0 Å². The molecule has 0 aliphatic carbocycles. The van der Waals surface area contributed by atoms with Gasteiger partial charge >= 0.3 is 6.36 Å². The quantitative estimate of drug-likeness (QED) is 0.606. The van der Waals surface area contributed by atoms with Gasteiger partial charge in [-0.25, -0.2) is 4.98 Å². The third kappa shape index (κ3) is 5.81. The van der Waals surface area contributed by atoms with Gasteiger partial charge in [-0.15, -0.1) is 13.2 Å². The molecule has 1 aliphatic heterocycles. The maximum Gasteiger partial charge on any atom is 0.573 e. The van der Waals surface area contributed by atoms with E-state index in [0.717, 1.165) is 24.6 Å². The normalized spacial score (nSPS) is 15.1. The third-order valence-electron chi connectivity index (χ3n) is 4.37. The minimum Gasteiger partial charge on any atom is -0.464 e. The third-order valence-corrected chi connectivity index (χ3v) is 5.04. The number of benzene rings is 1. The van der Waals surface area contributed by atoms with Crippen LogP contribution in [0.25, 0.3) is 11.3 Å². The van der Waals surface area contributed by atoms with E-state index in [0.29, 0.717) is 36.3 Å². The van der Waals surface area contributed by atoms with E-state index in [4.69, 9.17) is 9.15 Å². The molecule has 3 heterocycles. The van der Waals surface area contributed by atoms with Crippen molar-refractivity contribution < 1.29 is 31.9 Å². The van der Waals surface area contributed by atoms with E-state index in [2.05, 4.69) is 24.3 Å². The van der Waals surface area contributed by atoms with Gasteiger partial charge in [-0.1, -0.05) is 12.1 Å². The maximum atomic E-state index is 12.5. The van der Waals surface area contributed by atoms with E-state index in [-0.39, 0.29) is 17.1 Å². The highest BCUT2D eigenvalue weighted by molar-refractivity contribution is 7.09. The average molecular weight is 454 g/mol. The Morgan fingerprint density at radius 2 is 2.06 bits per heavy atom. The number of nitrogens with one attached hydrogen (secondary N) is 1. The number of halogens is 3. The molecule has 0 bridgehead atoms. The number of carbonyl (C=O) groups excluding carboxylic acids is 1. The number of anilines is 1. The topological polar surface area (TPSA) is 89.7 Å². The van der Waals surface area contributed by atoms with Gasteiger partial charge in [0.2, 0.25) is 5.13 Å². The van der Waals surface area contributed by atoms with Crippen molar-refractivity contribution in [1.82, 2.24) is 14.3 Å². The number of rotatable bonds is 6. The number of amides is 1. The number of nitrogens with zero attached hydrogens (tertiary/aromatic N) is 3. The van der Waals surface area contributed by atoms with Crippen molar-refractivity contribution in [3.63, 3.8) is 0 Å². The van der Waals surface area contributed by atoms with Gasteiger partial charge in [0.25, 0.3) is 5.91 Å². The molecule has 31 heavy (non-hydrogen) atoms. The minimum absolute atomic E-state index is 0.196. The second-order valence-electron chi connectivity index (χ2n) is 6.63. The second kappa shape index (κ2) is 9.04. The predicted molar refractivity (Wildman–Crippen MR) is 105 cm³/mol. The van der Waals surface area contributed by atoms with Crippen LogP contribution in [0.2, 0.25) is 0 Å². The van der Waals surface area contributed by atoms with Crippen molar-refractivity contribution in [2.24, 2.45) is 0 Å². The Bertz CT molecular complexity index is 1050. The van der Waals surface area contributed by atoms with Gasteiger partial charge in [0, 0.05) is 30.2 Å². The molecule has 1 saturated heterocycles. The van der Waals surface area contributed by atoms with Crippen LogP contribution in [-0.4, -0.2) is 52.8 Å². The molecule has 0 spiro atoms. The van der Waals surface area contributed by atoms with Gasteiger partial charge in [-0.3, -0.25) is 15.0 Å². The van der Waals surface area contributed by atoms with Gasteiger partial charge in [0.1, 0.15) is 17.8 Å². The van der Waals surface area contributed by atoms with Crippen molar-refractivity contribution in [3.05, 3.63) is 48.0 Å². The summed E-state index contributed by atoms with van der Waals surface area (Å²) in [7, 11) is 0.